The summed E-state index contributed by atoms with van der Waals surface area (Å²) in [7, 11) is -2.63. The van der Waals surface area contributed by atoms with Gasteiger partial charge in [-0.05, 0) is 109 Å². The molecule has 0 bridgehead atoms. The SMILES string of the molecule is [Rh].c1ccc([PH+](c2ccccc2)c2ccccc2)cc1.c1ccc([PH+](c2ccccc2)c2ccccc2)cc1.c1ccc([PH+](c2ccccc2)c2ccccc2)cc1. The second kappa shape index (κ2) is 23.3. The van der Waals surface area contributed by atoms with Gasteiger partial charge in [0.15, 0.2) is 0 Å². The van der Waals surface area contributed by atoms with E-state index in [1.807, 2.05) is 0 Å². The maximum Gasteiger partial charge on any atom is 0.102 e. The molecule has 9 rings (SSSR count). The Bertz CT molecular complexity index is 1860. The Kier molecular flexibility index (Phi) is 17.1. The zero-order chi connectivity index (χ0) is 38.7. The fourth-order valence-electron chi connectivity index (χ4n) is 6.94. The summed E-state index contributed by atoms with van der Waals surface area (Å²) in [5.41, 5.74) is 0. The van der Waals surface area contributed by atoms with Crippen LogP contribution in [0.25, 0.3) is 0 Å². The summed E-state index contributed by atoms with van der Waals surface area (Å²) in [6, 6.07) is 97.5. The van der Waals surface area contributed by atoms with Crippen molar-refractivity contribution in [2.45, 2.75) is 0 Å². The molecule has 0 saturated heterocycles. The minimum Gasteiger partial charge on any atom is -0.0620 e. The van der Waals surface area contributed by atoms with E-state index < -0.39 is 23.8 Å². The standard InChI is InChI=1S/3C18H15P.Rh/c3*1-4-10-16(11-5-1)19(17-12-6-2-7-13-17)18-14-8-3-9-15-18;/h3*1-15H;/p+3. The fraction of sp³-hybridized carbons (Fsp3) is 0. The van der Waals surface area contributed by atoms with Crippen LogP contribution in [0.4, 0.5) is 0 Å². The summed E-state index contributed by atoms with van der Waals surface area (Å²) >= 11 is 0. The van der Waals surface area contributed by atoms with Crippen molar-refractivity contribution >= 4 is 71.5 Å². The number of rotatable bonds is 9. The summed E-state index contributed by atoms with van der Waals surface area (Å²) in [6.07, 6.45) is 0. The Morgan fingerprint density at radius 3 is 0.310 bits per heavy atom. The zero-order valence-electron chi connectivity index (χ0n) is 32.3. The largest absolute Gasteiger partial charge is 0.102 e. The van der Waals surface area contributed by atoms with E-state index >= 15 is 0 Å². The van der Waals surface area contributed by atoms with Gasteiger partial charge in [-0.1, -0.05) is 164 Å². The van der Waals surface area contributed by atoms with E-state index in [1.54, 1.807) is 0 Å². The monoisotopic (exact) mass is 892 g/mol. The second-order valence-electron chi connectivity index (χ2n) is 13.4. The van der Waals surface area contributed by atoms with Crippen LogP contribution in [-0.2, 0) is 19.5 Å². The Morgan fingerprint density at radius 1 is 0.138 bits per heavy atom. The summed E-state index contributed by atoms with van der Waals surface area (Å²) in [5, 5.41) is 12.9. The van der Waals surface area contributed by atoms with Gasteiger partial charge in [0.25, 0.3) is 0 Å². The van der Waals surface area contributed by atoms with Gasteiger partial charge in [0.2, 0.25) is 0 Å². The Morgan fingerprint density at radius 2 is 0.224 bits per heavy atom. The van der Waals surface area contributed by atoms with Crippen molar-refractivity contribution < 1.29 is 19.5 Å². The molecule has 9 aromatic rings. The molecule has 0 nitrogen and oxygen atoms in total. The van der Waals surface area contributed by atoms with Gasteiger partial charge >= 0.3 is 0 Å². The number of hydrogen-bond acceptors (Lipinski definition) is 0. The summed E-state index contributed by atoms with van der Waals surface area (Å²) < 4.78 is 0. The van der Waals surface area contributed by atoms with Gasteiger partial charge in [0.05, 0.1) is 23.8 Å². The van der Waals surface area contributed by atoms with Crippen molar-refractivity contribution in [2.24, 2.45) is 0 Å². The van der Waals surface area contributed by atoms with Crippen LogP contribution in [0.3, 0.4) is 0 Å². The van der Waals surface area contributed by atoms with E-state index in [-0.39, 0.29) is 19.5 Å². The molecule has 285 valence electrons. The van der Waals surface area contributed by atoms with Gasteiger partial charge in [0, 0.05) is 19.5 Å². The molecule has 0 N–H and O–H groups in total. The average Bonchev–Trinajstić information content (AvgIpc) is 3.30. The van der Waals surface area contributed by atoms with E-state index in [9.17, 15) is 0 Å². The summed E-state index contributed by atoms with van der Waals surface area (Å²) in [6.45, 7) is 0. The van der Waals surface area contributed by atoms with Gasteiger partial charge in [-0.3, -0.25) is 0 Å². The van der Waals surface area contributed by atoms with Crippen LogP contribution in [0.15, 0.2) is 273 Å². The van der Waals surface area contributed by atoms with Crippen molar-refractivity contribution in [1.82, 2.24) is 0 Å². The summed E-state index contributed by atoms with van der Waals surface area (Å²) in [5.74, 6) is 0. The fourth-order valence-corrected chi connectivity index (χ4v) is 14.7. The van der Waals surface area contributed by atoms with Crippen LogP contribution >= 0.6 is 23.8 Å². The molecule has 4 heteroatoms. The quantitative estimate of drug-likeness (QED) is 0.100. The minimum absolute atomic E-state index is 0. The average molecular weight is 893 g/mol. The first kappa shape index (κ1) is 42.5. The Labute approximate surface area is 361 Å². The Balaban J connectivity index is 0.000000145. The maximum atomic E-state index is 2.24. The Hall–Kier alpha value is -5.11. The molecule has 0 aliphatic rings. The number of benzene rings is 9. The molecule has 0 amide bonds. The molecule has 0 unspecified atom stereocenters. The van der Waals surface area contributed by atoms with Crippen molar-refractivity contribution in [3.05, 3.63) is 273 Å². The van der Waals surface area contributed by atoms with Gasteiger partial charge in [-0.2, -0.15) is 0 Å². The molecule has 0 aliphatic carbocycles. The predicted molar refractivity (Wildman–Crippen MR) is 260 cm³/mol. The molecule has 9 aromatic carbocycles. The molecule has 1 radical (unpaired) electrons. The first-order valence-electron chi connectivity index (χ1n) is 19.4. The third kappa shape index (κ3) is 12.0. The van der Waals surface area contributed by atoms with E-state index in [0.717, 1.165) is 0 Å². The smallest absolute Gasteiger partial charge is 0.0620 e. The van der Waals surface area contributed by atoms with Crippen molar-refractivity contribution in [3.63, 3.8) is 0 Å². The van der Waals surface area contributed by atoms with Crippen molar-refractivity contribution in [2.75, 3.05) is 0 Å². The topological polar surface area (TPSA) is 0 Å². The molecule has 58 heavy (non-hydrogen) atoms. The molecule has 0 aliphatic heterocycles. The van der Waals surface area contributed by atoms with Gasteiger partial charge in [0.1, 0.15) is 47.7 Å². The van der Waals surface area contributed by atoms with E-state index in [4.69, 9.17) is 0 Å². The van der Waals surface area contributed by atoms with Gasteiger partial charge in [-0.15, -0.1) is 0 Å². The third-order valence-corrected chi connectivity index (χ3v) is 17.8. The zero-order valence-corrected chi connectivity index (χ0v) is 37.0. The van der Waals surface area contributed by atoms with Gasteiger partial charge < -0.3 is 0 Å². The molecule has 0 saturated carbocycles. The van der Waals surface area contributed by atoms with Gasteiger partial charge in [-0.25, -0.2) is 0 Å². The molecule has 0 heterocycles. The summed E-state index contributed by atoms with van der Waals surface area (Å²) in [4.78, 5) is 0. The molecular weight excluding hydrogens is 844 g/mol. The van der Waals surface area contributed by atoms with E-state index in [0.29, 0.717) is 0 Å². The van der Waals surface area contributed by atoms with Crippen LogP contribution in [-0.4, -0.2) is 0 Å². The van der Waals surface area contributed by atoms with Crippen LogP contribution in [0.5, 0.6) is 0 Å². The van der Waals surface area contributed by atoms with Crippen LogP contribution < -0.4 is 47.7 Å². The number of hydrogen-bond donors (Lipinski definition) is 0. The molecule has 0 aromatic heterocycles. The third-order valence-electron chi connectivity index (χ3n) is 9.56. The van der Waals surface area contributed by atoms with Crippen molar-refractivity contribution in [3.8, 4) is 0 Å². The molecule has 0 spiro atoms. The van der Waals surface area contributed by atoms with Crippen molar-refractivity contribution in [1.29, 1.82) is 0 Å². The molecular formula is C54H48P3Rh+3. The molecule has 0 atom stereocenters. The first-order chi connectivity index (χ1) is 28.3. The predicted octanol–water partition coefficient (Wildman–Crippen LogP) is 9.53. The van der Waals surface area contributed by atoms with Crippen LogP contribution in [0, 0.1) is 0 Å². The second-order valence-corrected chi connectivity index (χ2v) is 20.9. The van der Waals surface area contributed by atoms with E-state index in [1.165, 1.54) is 47.7 Å². The minimum atomic E-state index is -0.877. The van der Waals surface area contributed by atoms with Crippen LogP contribution in [0.1, 0.15) is 0 Å². The van der Waals surface area contributed by atoms with Crippen LogP contribution in [0.2, 0.25) is 0 Å². The first-order valence-corrected chi connectivity index (χ1v) is 23.9. The molecule has 0 fully saturated rings. The van der Waals surface area contributed by atoms with E-state index in [2.05, 4.69) is 273 Å². The maximum absolute atomic E-state index is 2.24. The normalized spacial score (nSPS) is 10.4.